The number of thioether (sulfide) groups is 1. The summed E-state index contributed by atoms with van der Waals surface area (Å²) in [5, 5.41) is 12.4. The number of nitrogens with zero attached hydrogens (tertiary/aromatic N) is 1. The quantitative estimate of drug-likeness (QED) is 0.786. The van der Waals surface area contributed by atoms with Crippen LogP contribution in [0.25, 0.3) is 0 Å². The fraction of sp³-hybridized carbons (Fsp3) is 0.846. The first-order valence-electron chi connectivity index (χ1n) is 6.81. The van der Waals surface area contributed by atoms with Crippen LogP contribution in [0.4, 0.5) is 4.79 Å². The molecule has 2 N–H and O–H groups in total. The average Bonchev–Trinajstić information content (AvgIpc) is 2.81. The van der Waals surface area contributed by atoms with Gasteiger partial charge in [-0.1, -0.05) is 13.3 Å². The Labute approximate surface area is 119 Å². The van der Waals surface area contributed by atoms with Crippen LogP contribution < -0.4 is 5.32 Å². The molecule has 1 saturated carbocycles. The van der Waals surface area contributed by atoms with Gasteiger partial charge in [-0.25, -0.2) is 4.79 Å². The lowest BCUT2D eigenvalue weighted by atomic mass is 10.2. The number of amides is 2. The number of rotatable bonds is 6. The molecule has 0 aromatic heterocycles. The molecular weight excluding hydrogens is 264 g/mol. The van der Waals surface area contributed by atoms with Crippen molar-refractivity contribution in [3.05, 3.63) is 0 Å². The van der Waals surface area contributed by atoms with Crippen LogP contribution >= 0.6 is 11.8 Å². The van der Waals surface area contributed by atoms with Crippen LogP contribution in [0, 0.1) is 0 Å². The van der Waals surface area contributed by atoms with Crippen LogP contribution in [-0.2, 0) is 4.79 Å². The first-order valence-corrected chi connectivity index (χ1v) is 8.10. The van der Waals surface area contributed by atoms with Gasteiger partial charge in [0.2, 0.25) is 0 Å². The van der Waals surface area contributed by atoms with E-state index in [0.717, 1.165) is 25.7 Å². The van der Waals surface area contributed by atoms with E-state index >= 15 is 0 Å². The molecule has 1 fully saturated rings. The molecule has 6 heteroatoms. The number of carboxylic acids is 1. The van der Waals surface area contributed by atoms with Crippen LogP contribution in [0.5, 0.6) is 0 Å². The normalized spacial score (nSPS) is 23.9. The molecule has 0 aromatic carbocycles. The Kier molecular flexibility index (Phi) is 6.48. The van der Waals surface area contributed by atoms with Crippen LogP contribution in [-0.4, -0.2) is 52.1 Å². The molecule has 2 amide bonds. The summed E-state index contributed by atoms with van der Waals surface area (Å²) in [7, 11) is 0. The number of carboxylic acid groups (broad SMARTS) is 1. The van der Waals surface area contributed by atoms with Crippen molar-refractivity contribution in [2.45, 2.75) is 56.9 Å². The van der Waals surface area contributed by atoms with Gasteiger partial charge in [-0.15, -0.1) is 0 Å². The van der Waals surface area contributed by atoms with E-state index in [2.05, 4.69) is 11.6 Å². The van der Waals surface area contributed by atoms with Gasteiger partial charge in [0.1, 0.15) is 6.54 Å². The zero-order valence-electron chi connectivity index (χ0n) is 11.9. The largest absolute Gasteiger partial charge is 0.480 e. The predicted octanol–water partition coefficient (Wildman–Crippen LogP) is 2.17. The standard InChI is InChI=1S/C13H24N2O3S/c1-4-9(2)15(8-12(16)17)13(18)14-10-6-5-7-11(10)19-3/h9-11H,4-8H2,1-3H3,(H,14,18)(H,16,17). The van der Waals surface area contributed by atoms with Crippen molar-refractivity contribution in [3.63, 3.8) is 0 Å². The van der Waals surface area contributed by atoms with Crippen molar-refractivity contribution in [1.29, 1.82) is 0 Å². The van der Waals surface area contributed by atoms with Crippen molar-refractivity contribution in [3.8, 4) is 0 Å². The smallest absolute Gasteiger partial charge is 0.323 e. The Hall–Kier alpha value is -0.910. The van der Waals surface area contributed by atoms with Gasteiger partial charge in [0.25, 0.3) is 0 Å². The van der Waals surface area contributed by atoms with Gasteiger partial charge in [-0.2, -0.15) is 11.8 Å². The number of carbonyl (C=O) groups excluding carboxylic acids is 1. The van der Waals surface area contributed by atoms with E-state index in [9.17, 15) is 9.59 Å². The Bertz CT molecular complexity index is 325. The lowest BCUT2D eigenvalue weighted by Crippen LogP contribution is -2.51. The molecule has 0 bridgehead atoms. The second-order valence-corrected chi connectivity index (χ2v) is 6.12. The van der Waals surface area contributed by atoms with Crippen molar-refractivity contribution in [2.75, 3.05) is 12.8 Å². The minimum Gasteiger partial charge on any atom is -0.480 e. The molecule has 5 nitrogen and oxygen atoms in total. The highest BCUT2D eigenvalue weighted by atomic mass is 32.2. The molecule has 1 aliphatic rings. The third-order valence-corrected chi connectivity index (χ3v) is 4.92. The minimum absolute atomic E-state index is 0.0646. The SMILES string of the molecule is CCC(C)N(CC(=O)O)C(=O)NC1CCCC1SC. The van der Waals surface area contributed by atoms with E-state index in [1.54, 1.807) is 11.8 Å². The molecule has 3 unspecified atom stereocenters. The Morgan fingerprint density at radius 2 is 2.16 bits per heavy atom. The van der Waals surface area contributed by atoms with Crippen LogP contribution in [0.2, 0.25) is 0 Å². The molecule has 0 saturated heterocycles. The highest BCUT2D eigenvalue weighted by Gasteiger charge is 2.30. The van der Waals surface area contributed by atoms with Gasteiger partial charge in [-0.05, 0) is 32.4 Å². The molecule has 1 aliphatic carbocycles. The highest BCUT2D eigenvalue weighted by molar-refractivity contribution is 7.99. The maximum atomic E-state index is 12.2. The zero-order chi connectivity index (χ0) is 14.4. The fourth-order valence-electron chi connectivity index (χ4n) is 2.41. The van der Waals surface area contributed by atoms with Crippen LogP contribution in [0.3, 0.4) is 0 Å². The Morgan fingerprint density at radius 1 is 1.47 bits per heavy atom. The average molecular weight is 288 g/mol. The molecular formula is C13H24N2O3S. The van der Waals surface area contributed by atoms with E-state index in [0.29, 0.717) is 5.25 Å². The lowest BCUT2D eigenvalue weighted by Gasteiger charge is -2.30. The molecule has 1 rings (SSSR count). The molecule has 0 aliphatic heterocycles. The van der Waals surface area contributed by atoms with Gasteiger partial charge >= 0.3 is 12.0 Å². The maximum Gasteiger partial charge on any atom is 0.323 e. The maximum absolute atomic E-state index is 12.2. The van der Waals surface area contributed by atoms with Crippen molar-refractivity contribution in [1.82, 2.24) is 10.2 Å². The molecule has 3 atom stereocenters. The van der Waals surface area contributed by atoms with Crippen molar-refractivity contribution < 1.29 is 14.7 Å². The number of carbonyl (C=O) groups is 2. The van der Waals surface area contributed by atoms with Crippen molar-refractivity contribution in [2.24, 2.45) is 0 Å². The zero-order valence-corrected chi connectivity index (χ0v) is 12.7. The summed E-state index contributed by atoms with van der Waals surface area (Å²) in [5.74, 6) is -0.969. The van der Waals surface area contributed by atoms with Crippen LogP contribution in [0.1, 0.15) is 39.5 Å². The molecule has 0 radical (unpaired) electrons. The number of hydrogen-bond donors (Lipinski definition) is 2. The van der Waals surface area contributed by atoms with Gasteiger partial charge in [0.05, 0.1) is 0 Å². The summed E-state index contributed by atoms with van der Waals surface area (Å²) in [6.45, 7) is 3.59. The van der Waals surface area contributed by atoms with E-state index in [-0.39, 0.29) is 24.7 Å². The molecule has 0 spiro atoms. The summed E-state index contributed by atoms with van der Waals surface area (Å²) in [6.07, 6.45) is 6.03. The summed E-state index contributed by atoms with van der Waals surface area (Å²) in [4.78, 5) is 24.5. The number of hydrogen-bond acceptors (Lipinski definition) is 3. The van der Waals surface area contributed by atoms with E-state index in [1.165, 1.54) is 4.90 Å². The summed E-state index contributed by atoms with van der Waals surface area (Å²) < 4.78 is 0. The number of nitrogens with one attached hydrogen (secondary N) is 1. The Morgan fingerprint density at radius 3 is 2.68 bits per heavy atom. The predicted molar refractivity (Wildman–Crippen MR) is 77.6 cm³/mol. The summed E-state index contributed by atoms with van der Waals surface area (Å²) >= 11 is 1.77. The van der Waals surface area contributed by atoms with Gasteiger partial charge < -0.3 is 15.3 Å². The Balaban J connectivity index is 2.63. The first kappa shape index (κ1) is 16.1. The monoisotopic (exact) mass is 288 g/mol. The molecule has 110 valence electrons. The van der Waals surface area contributed by atoms with E-state index in [4.69, 9.17) is 5.11 Å². The number of urea groups is 1. The molecule has 19 heavy (non-hydrogen) atoms. The first-order chi connectivity index (χ1) is 8.99. The second kappa shape index (κ2) is 7.62. The third kappa shape index (κ3) is 4.60. The fourth-order valence-corrected chi connectivity index (χ4v) is 3.34. The summed E-state index contributed by atoms with van der Waals surface area (Å²) in [5.41, 5.74) is 0. The molecule has 0 heterocycles. The highest BCUT2D eigenvalue weighted by Crippen LogP contribution is 2.28. The lowest BCUT2D eigenvalue weighted by molar-refractivity contribution is -0.138. The molecule has 0 aromatic rings. The van der Waals surface area contributed by atoms with Gasteiger partial charge in [0, 0.05) is 17.3 Å². The second-order valence-electron chi connectivity index (χ2n) is 5.04. The third-order valence-electron chi connectivity index (χ3n) is 3.75. The van der Waals surface area contributed by atoms with Crippen LogP contribution in [0.15, 0.2) is 0 Å². The van der Waals surface area contributed by atoms with Gasteiger partial charge in [-0.3, -0.25) is 4.79 Å². The van der Waals surface area contributed by atoms with E-state index in [1.807, 2.05) is 13.8 Å². The summed E-state index contributed by atoms with van der Waals surface area (Å²) in [6, 6.07) is -0.143. The minimum atomic E-state index is -0.969. The van der Waals surface area contributed by atoms with Crippen molar-refractivity contribution >= 4 is 23.8 Å². The number of aliphatic carboxylic acids is 1. The van der Waals surface area contributed by atoms with E-state index < -0.39 is 5.97 Å². The topological polar surface area (TPSA) is 69.6 Å². The van der Waals surface area contributed by atoms with Gasteiger partial charge in [0.15, 0.2) is 0 Å².